The van der Waals surface area contributed by atoms with Crippen LogP contribution in [0.4, 0.5) is 0 Å². The first-order chi connectivity index (χ1) is 12.9. The molecule has 7 heteroatoms. The molecule has 27 heavy (non-hydrogen) atoms. The first-order valence-electron chi connectivity index (χ1n) is 8.31. The number of primary amides is 1. The van der Waals surface area contributed by atoms with Crippen LogP contribution in [0, 0.1) is 0 Å². The molecule has 2 aromatic rings. The van der Waals surface area contributed by atoms with Gasteiger partial charge in [-0.1, -0.05) is 12.1 Å². The zero-order valence-corrected chi connectivity index (χ0v) is 15.9. The Morgan fingerprint density at radius 2 is 1.48 bits per heavy atom. The Morgan fingerprint density at radius 1 is 0.926 bits per heavy atom. The van der Waals surface area contributed by atoms with Crippen LogP contribution in [0.1, 0.15) is 21.5 Å². The van der Waals surface area contributed by atoms with Crippen molar-refractivity contribution in [3.05, 3.63) is 53.1 Å². The van der Waals surface area contributed by atoms with Crippen molar-refractivity contribution in [2.45, 2.75) is 13.0 Å². The van der Waals surface area contributed by atoms with E-state index in [9.17, 15) is 9.59 Å². The fourth-order valence-electron chi connectivity index (χ4n) is 2.68. The van der Waals surface area contributed by atoms with E-state index in [1.54, 1.807) is 48.3 Å². The molecule has 144 valence electrons. The molecule has 0 heterocycles. The van der Waals surface area contributed by atoms with Gasteiger partial charge in [0, 0.05) is 19.2 Å². The highest BCUT2D eigenvalue weighted by atomic mass is 16.5. The molecule has 0 saturated heterocycles. The molecule has 0 fully saturated rings. The molecule has 0 atom stereocenters. The zero-order chi connectivity index (χ0) is 20.0. The average molecular weight is 372 g/mol. The lowest BCUT2D eigenvalue weighted by atomic mass is 10.1. The topological polar surface area (TPSA) is 91.1 Å². The molecule has 0 unspecified atom stereocenters. The van der Waals surface area contributed by atoms with Crippen LogP contribution in [0.15, 0.2) is 36.4 Å². The average Bonchev–Trinajstić information content (AvgIpc) is 2.67. The Labute approximate surface area is 158 Å². The Balaban J connectivity index is 2.10. The monoisotopic (exact) mass is 372 g/mol. The molecule has 2 N–H and O–H groups in total. The van der Waals surface area contributed by atoms with Gasteiger partial charge in [0.15, 0.2) is 11.5 Å². The van der Waals surface area contributed by atoms with E-state index in [0.717, 1.165) is 11.1 Å². The van der Waals surface area contributed by atoms with Crippen LogP contribution >= 0.6 is 0 Å². The molecule has 0 aromatic heterocycles. The fourth-order valence-corrected chi connectivity index (χ4v) is 2.68. The third-order valence-electron chi connectivity index (χ3n) is 4.16. The van der Waals surface area contributed by atoms with Gasteiger partial charge in [-0.15, -0.1) is 0 Å². The smallest absolute Gasteiger partial charge is 0.248 e. The lowest BCUT2D eigenvalue weighted by Gasteiger charge is -2.19. The number of benzene rings is 2. The van der Waals surface area contributed by atoms with Gasteiger partial charge in [-0.05, 0) is 35.4 Å². The number of rotatable bonds is 8. The number of carbonyl (C=O) groups excluding carboxylic acids is 2. The van der Waals surface area contributed by atoms with Crippen molar-refractivity contribution in [2.75, 3.05) is 28.4 Å². The maximum absolute atomic E-state index is 12.6. The van der Waals surface area contributed by atoms with Gasteiger partial charge in [0.2, 0.25) is 17.6 Å². The Hall–Kier alpha value is -3.22. The Morgan fingerprint density at radius 3 is 1.93 bits per heavy atom. The number of hydrogen-bond donors (Lipinski definition) is 1. The minimum Gasteiger partial charge on any atom is -0.493 e. The largest absolute Gasteiger partial charge is 0.493 e. The second kappa shape index (κ2) is 8.93. The van der Waals surface area contributed by atoms with Gasteiger partial charge >= 0.3 is 0 Å². The fraction of sp³-hybridized carbons (Fsp3) is 0.300. The van der Waals surface area contributed by atoms with Gasteiger partial charge in [0.1, 0.15) is 0 Å². The number of nitrogens with two attached hydrogens (primary N) is 1. The van der Waals surface area contributed by atoms with E-state index >= 15 is 0 Å². The maximum Gasteiger partial charge on any atom is 0.248 e. The van der Waals surface area contributed by atoms with Crippen molar-refractivity contribution in [3.63, 3.8) is 0 Å². The SMILES string of the molecule is COc1cc(CC(=O)N(C)Cc2ccc(C(N)=O)cc2)cc(OC)c1OC. The lowest BCUT2D eigenvalue weighted by Crippen LogP contribution is -2.27. The maximum atomic E-state index is 12.6. The van der Waals surface area contributed by atoms with Gasteiger partial charge in [0.25, 0.3) is 0 Å². The second-order valence-electron chi connectivity index (χ2n) is 6.02. The van der Waals surface area contributed by atoms with E-state index in [2.05, 4.69) is 0 Å². The van der Waals surface area contributed by atoms with Crippen molar-refractivity contribution in [1.82, 2.24) is 4.90 Å². The molecule has 0 aliphatic rings. The van der Waals surface area contributed by atoms with E-state index in [1.165, 1.54) is 21.3 Å². The second-order valence-corrected chi connectivity index (χ2v) is 6.02. The van der Waals surface area contributed by atoms with Crippen molar-refractivity contribution >= 4 is 11.8 Å². The van der Waals surface area contributed by atoms with Crippen molar-refractivity contribution < 1.29 is 23.8 Å². The summed E-state index contributed by atoms with van der Waals surface area (Å²) in [5.74, 6) is 0.949. The van der Waals surface area contributed by atoms with E-state index < -0.39 is 5.91 Å². The molecule has 0 bridgehead atoms. The van der Waals surface area contributed by atoms with E-state index in [4.69, 9.17) is 19.9 Å². The Kier molecular flexibility index (Phi) is 6.65. The highest BCUT2D eigenvalue weighted by Crippen LogP contribution is 2.38. The van der Waals surface area contributed by atoms with Crippen LogP contribution in [0.2, 0.25) is 0 Å². The number of ether oxygens (including phenoxy) is 3. The van der Waals surface area contributed by atoms with Crippen molar-refractivity contribution in [2.24, 2.45) is 5.73 Å². The molecular weight excluding hydrogens is 348 g/mol. The lowest BCUT2D eigenvalue weighted by molar-refractivity contribution is -0.129. The number of amides is 2. The summed E-state index contributed by atoms with van der Waals surface area (Å²) in [6.45, 7) is 0.419. The molecular formula is C20H24N2O5. The van der Waals surface area contributed by atoms with Crippen molar-refractivity contribution in [1.29, 1.82) is 0 Å². The molecule has 2 rings (SSSR count). The third kappa shape index (κ3) is 4.91. The molecule has 7 nitrogen and oxygen atoms in total. The van der Waals surface area contributed by atoms with Gasteiger partial charge in [-0.25, -0.2) is 0 Å². The van der Waals surface area contributed by atoms with E-state index in [-0.39, 0.29) is 12.3 Å². The first-order valence-corrected chi connectivity index (χ1v) is 8.31. The van der Waals surface area contributed by atoms with Crippen LogP contribution in [-0.2, 0) is 17.8 Å². The van der Waals surface area contributed by atoms with Gasteiger partial charge in [-0.3, -0.25) is 9.59 Å². The molecule has 2 aromatic carbocycles. The summed E-state index contributed by atoms with van der Waals surface area (Å²) in [6, 6.07) is 10.4. The number of methoxy groups -OCH3 is 3. The molecule has 0 spiro atoms. The number of nitrogens with zero attached hydrogens (tertiary/aromatic N) is 1. The summed E-state index contributed by atoms with van der Waals surface area (Å²) in [5, 5.41) is 0. The number of likely N-dealkylation sites (N-methyl/N-ethyl adjacent to an activating group) is 1. The number of carbonyl (C=O) groups is 2. The summed E-state index contributed by atoms with van der Waals surface area (Å²) in [6.07, 6.45) is 0.187. The van der Waals surface area contributed by atoms with Crippen LogP contribution in [0.5, 0.6) is 17.2 Å². The molecule has 0 saturated carbocycles. The normalized spacial score (nSPS) is 10.2. The first kappa shape index (κ1) is 20.1. The van der Waals surface area contributed by atoms with Gasteiger partial charge < -0.3 is 24.8 Å². The summed E-state index contributed by atoms with van der Waals surface area (Å²) in [7, 11) is 6.32. The Bertz CT molecular complexity index is 793. The van der Waals surface area contributed by atoms with Gasteiger partial charge in [0.05, 0.1) is 27.8 Å². The van der Waals surface area contributed by atoms with Crippen LogP contribution < -0.4 is 19.9 Å². The predicted octanol–water partition coefficient (Wildman–Crippen LogP) is 2.01. The van der Waals surface area contributed by atoms with Gasteiger partial charge in [-0.2, -0.15) is 0 Å². The minimum atomic E-state index is -0.478. The van der Waals surface area contributed by atoms with Crippen molar-refractivity contribution in [3.8, 4) is 17.2 Å². The standard InChI is InChI=1S/C20H24N2O5/c1-22(12-13-5-7-15(8-6-13)20(21)24)18(23)11-14-9-16(25-2)19(27-4)17(10-14)26-3/h5-10H,11-12H2,1-4H3,(H2,21,24). The summed E-state index contributed by atoms with van der Waals surface area (Å²) >= 11 is 0. The quantitative estimate of drug-likeness (QED) is 0.765. The summed E-state index contributed by atoms with van der Waals surface area (Å²) in [4.78, 5) is 25.3. The molecule has 0 radical (unpaired) electrons. The molecule has 0 aliphatic heterocycles. The number of hydrogen-bond acceptors (Lipinski definition) is 5. The highest BCUT2D eigenvalue weighted by molar-refractivity contribution is 5.92. The van der Waals surface area contributed by atoms with Crippen LogP contribution in [0.25, 0.3) is 0 Å². The minimum absolute atomic E-state index is 0.0664. The summed E-state index contributed by atoms with van der Waals surface area (Å²) < 4.78 is 15.9. The van der Waals surface area contributed by atoms with E-state index in [1.807, 2.05) is 0 Å². The molecule has 0 aliphatic carbocycles. The zero-order valence-electron chi connectivity index (χ0n) is 15.9. The summed E-state index contributed by atoms with van der Waals surface area (Å²) in [5.41, 5.74) is 7.33. The third-order valence-corrected chi connectivity index (χ3v) is 4.16. The van der Waals surface area contributed by atoms with Crippen LogP contribution in [0.3, 0.4) is 0 Å². The predicted molar refractivity (Wildman–Crippen MR) is 101 cm³/mol. The van der Waals surface area contributed by atoms with Crippen LogP contribution in [-0.4, -0.2) is 45.1 Å². The molecule has 2 amide bonds. The van der Waals surface area contributed by atoms with E-state index in [0.29, 0.717) is 29.4 Å². The highest BCUT2D eigenvalue weighted by Gasteiger charge is 2.17.